The first kappa shape index (κ1) is 19.2. The molecule has 1 aromatic heterocycles. The normalized spacial score (nSPS) is 20.3. The number of amides is 1. The summed E-state index contributed by atoms with van der Waals surface area (Å²) < 4.78 is 41.3. The van der Waals surface area contributed by atoms with E-state index in [2.05, 4.69) is 15.5 Å². The molecule has 0 bridgehead atoms. The molecule has 9 heteroatoms. The minimum Gasteiger partial charge on any atom is -0.354 e. The van der Waals surface area contributed by atoms with Crippen LogP contribution in [0.2, 0.25) is 0 Å². The lowest BCUT2D eigenvalue weighted by molar-refractivity contribution is -0.137. The molecule has 0 radical (unpaired) electrons. The Hall–Kier alpha value is -3.10. The monoisotopic (exact) mass is 403 g/mol. The van der Waals surface area contributed by atoms with E-state index in [0.29, 0.717) is 29.5 Å². The van der Waals surface area contributed by atoms with Gasteiger partial charge in [0.1, 0.15) is 11.5 Å². The van der Waals surface area contributed by atoms with Gasteiger partial charge in [0.05, 0.1) is 17.6 Å². The number of nitrogens with zero attached hydrogens (tertiary/aromatic N) is 4. The van der Waals surface area contributed by atoms with Gasteiger partial charge in [0, 0.05) is 13.1 Å². The summed E-state index contributed by atoms with van der Waals surface area (Å²) in [7, 11) is 0. The second-order valence-corrected chi connectivity index (χ2v) is 7.05. The highest BCUT2D eigenvalue weighted by Gasteiger charge is 2.40. The molecule has 0 fully saturated rings. The number of likely N-dealkylation sites (N-methyl/N-ethyl adjacent to an activating group) is 1. The highest BCUT2D eigenvalue weighted by molar-refractivity contribution is 5.93. The first-order valence-electron chi connectivity index (χ1n) is 9.32. The summed E-state index contributed by atoms with van der Waals surface area (Å²) in [5, 5.41) is 11.0. The van der Waals surface area contributed by atoms with Crippen LogP contribution in [0.15, 0.2) is 42.1 Å². The van der Waals surface area contributed by atoms with Gasteiger partial charge in [-0.15, -0.1) is 10.2 Å². The van der Waals surface area contributed by atoms with Crippen molar-refractivity contribution in [1.82, 2.24) is 25.0 Å². The molecule has 3 heterocycles. The summed E-state index contributed by atoms with van der Waals surface area (Å²) in [5.41, 5.74) is 0.214. The Balaban J connectivity index is 1.71. The largest absolute Gasteiger partial charge is 0.416 e. The molecule has 1 N–H and O–H groups in total. The molecule has 2 aliphatic heterocycles. The standard InChI is InChI=1S/C20H20F3N5O/c1-3-24-19(29)17-10-16-15(7-8-18-26-25-12(2)28(16)18)27(17)11-13-5-4-6-14(9-13)20(21,22)23/h4-10,15-16H,3,11H2,1-2H3,(H,24,29). The predicted octanol–water partition coefficient (Wildman–Crippen LogP) is 3.08. The van der Waals surface area contributed by atoms with E-state index < -0.39 is 11.7 Å². The first-order valence-corrected chi connectivity index (χ1v) is 9.32. The van der Waals surface area contributed by atoms with Gasteiger partial charge in [-0.05, 0) is 43.7 Å². The van der Waals surface area contributed by atoms with Gasteiger partial charge in [-0.25, -0.2) is 0 Å². The Morgan fingerprint density at radius 1 is 1.24 bits per heavy atom. The van der Waals surface area contributed by atoms with E-state index >= 15 is 0 Å². The quantitative estimate of drug-likeness (QED) is 0.852. The minimum atomic E-state index is -4.42. The number of carbonyl (C=O) groups is 1. The zero-order valence-electron chi connectivity index (χ0n) is 15.9. The average Bonchev–Trinajstić information content (AvgIpc) is 3.22. The zero-order valence-corrected chi connectivity index (χ0v) is 15.9. The number of rotatable bonds is 4. The number of fused-ring (bicyclic) bond motifs is 3. The van der Waals surface area contributed by atoms with Gasteiger partial charge < -0.3 is 14.8 Å². The van der Waals surface area contributed by atoms with Gasteiger partial charge >= 0.3 is 6.18 Å². The molecule has 6 nitrogen and oxygen atoms in total. The molecule has 0 spiro atoms. The summed E-state index contributed by atoms with van der Waals surface area (Å²) >= 11 is 0. The fourth-order valence-corrected chi connectivity index (χ4v) is 3.89. The Morgan fingerprint density at radius 2 is 2.03 bits per heavy atom. The highest BCUT2D eigenvalue weighted by Crippen LogP contribution is 2.38. The van der Waals surface area contributed by atoms with Gasteiger partial charge in [-0.1, -0.05) is 18.2 Å². The molecule has 2 aliphatic rings. The van der Waals surface area contributed by atoms with Crippen molar-refractivity contribution in [3.05, 3.63) is 64.9 Å². The first-order chi connectivity index (χ1) is 13.8. The number of hydrogen-bond donors (Lipinski definition) is 1. The molecule has 0 saturated heterocycles. The number of hydrogen-bond acceptors (Lipinski definition) is 4. The van der Waals surface area contributed by atoms with Crippen LogP contribution in [0.25, 0.3) is 6.08 Å². The topological polar surface area (TPSA) is 63.1 Å². The van der Waals surface area contributed by atoms with Crippen molar-refractivity contribution in [3.63, 3.8) is 0 Å². The Bertz CT molecular complexity index is 1010. The second-order valence-electron chi connectivity index (χ2n) is 7.05. The lowest BCUT2D eigenvalue weighted by atomic mass is 10.0. The number of halogens is 3. The molecule has 2 unspecified atom stereocenters. The molecule has 2 aromatic rings. The average molecular weight is 403 g/mol. The lowest BCUT2D eigenvalue weighted by Gasteiger charge is -2.33. The maximum atomic E-state index is 13.1. The Kier molecular flexibility index (Phi) is 4.68. The van der Waals surface area contributed by atoms with Crippen molar-refractivity contribution in [2.75, 3.05) is 6.54 Å². The Labute approximate surface area is 165 Å². The van der Waals surface area contributed by atoms with Crippen LogP contribution in [0.4, 0.5) is 13.2 Å². The van der Waals surface area contributed by atoms with E-state index in [9.17, 15) is 18.0 Å². The third kappa shape index (κ3) is 3.41. The van der Waals surface area contributed by atoms with E-state index in [-0.39, 0.29) is 24.5 Å². The number of nitrogens with one attached hydrogen (secondary N) is 1. The summed E-state index contributed by atoms with van der Waals surface area (Å²) in [6.45, 7) is 4.28. The third-order valence-corrected chi connectivity index (χ3v) is 5.16. The zero-order chi connectivity index (χ0) is 20.8. The SMILES string of the molecule is CCNC(=O)C1=CC2C(C=Cc3nnc(C)n32)N1Cc1cccc(C(F)(F)F)c1. The molecule has 2 atom stereocenters. The summed E-state index contributed by atoms with van der Waals surface area (Å²) in [6.07, 6.45) is 1.17. The van der Waals surface area contributed by atoms with Crippen LogP contribution in [0.3, 0.4) is 0 Å². The number of aryl methyl sites for hydroxylation is 1. The van der Waals surface area contributed by atoms with Gasteiger partial charge in [0.15, 0.2) is 5.82 Å². The molecule has 1 aromatic carbocycles. The van der Waals surface area contributed by atoms with Crippen molar-refractivity contribution < 1.29 is 18.0 Å². The summed E-state index contributed by atoms with van der Waals surface area (Å²) in [5.74, 6) is 1.15. The van der Waals surface area contributed by atoms with Gasteiger partial charge in [0.2, 0.25) is 0 Å². The molecular weight excluding hydrogens is 383 g/mol. The van der Waals surface area contributed by atoms with Gasteiger partial charge in [-0.3, -0.25) is 4.79 Å². The highest BCUT2D eigenvalue weighted by atomic mass is 19.4. The van der Waals surface area contributed by atoms with Crippen molar-refractivity contribution in [2.45, 2.75) is 38.7 Å². The number of carbonyl (C=O) groups excluding carboxylic acids is 1. The van der Waals surface area contributed by atoms with E-state index in [1.54, 1.807) is 6.07 Å². The third-order valence-electron chi connectivity index (χ3n) is 5.16. The van der Waals surface area contributed by atoms with E-state index in [4.69, 9.17) is 0 Å². The van der Waals surface area contributed by atoms with Crippen LogP contribution >= 0.6 is 0 Å². The fraction of sp³-hybridized carbons (Fsp3) is 0.350. The van der Waals surface area contributed by atoms with Crippen LogP contribution in [-0.2, 0) is 17.5 Å². The van der Waals surface area contributed by atoms with Crippen molar-refractivity contribution in [1.29, 1.82) is 0 Å². The van der Waals surface area contributed by atoms with Crippen LogP contribution in [-0.4, -0.2) is 38.2 Å². The minimum absolute atomic E-state index is 0.175. The Morgan fingerprint density at radius 3 is 2.76 bits per heavy atom. The number of aromatic nitrogens is 3. The maximum absolute atomic E-state index is 13.1. The van der Waals surface area contributed by atoms with E-state index in [1.165, 1.54) is 6.07 Å². The molecule has 0 saturated carbocycles. The predicted molar refractivity (Wildman–Crippen MR) is 100 cm³/mol. The molecule has 0 aliphatic carbocycles. The van der Waals surface area contributed by atoms with Crippen LogP contribution in [0, 0.1) is 6.92 Å². The van der Waals surface area contributed by atoms with Gasteiger partial charge in [0.25, 0.3) is 5.91 Å². The van der Waals surface area contributed by atoms with Crippen LogP contribution in [0.1, 0.15) is 35.7 Å². The van der Waals surface area contributed by atoms with Crippen molar-refractivity contribution >= 4 is 12.0 Å². The molecule has 4 rings (SSSR count). The fourth-order valence-electron chi connectivity index (χ4n) is 3.89. The number of benzene rings is 1. The smallest absolute Gasteiger partial charge is 0.354 e. The maximum Gasteiger partial charge on any atom is 0.416 e. The lowest BCUT2D eigenvalue weighted by Crippen LogP contribution is -2.39. The van der Waals surface area contributed by atoms with E-state index in [1.807, 2.05) is 41.5 Å². The molecule has 29 heavy (non-hydrogen) atoms. The van der Waals surface area contributed by atoms with Crippen LogP contribution < -0.4 is 5.32 Å². The van der Waals surface area contributed by atoms with E-state index in [0.717, 1.165) is 12.1 Å². The summed E-state index contributed by atoms with van der Waals surface area (Å²) in [4.78, 5) is 14.5. The van der Waals surface area contributed by atoms with Gasteiger partial charge in [-0.2, -0.15) is 13.2 Å². The van der Waals surface area contributed by atoms with Crippen molar-refractivity contribution in [3.8, 4) is 0 Å². The molecule has 1 amide bonds. The second kappa shape index (κ2) is 7.06. The number of alkyl halides is 3. The summed E-state index contributed by atoms with van der Waals surface area (Å²) in [6, 6.07) is 4.78. The molecule has 152 valence electrons. The molecular formula is C20H20F3N5O. The van der Waals surface area contributed by atoms with Crippen molar-refractivity contribution in [2.24, 2.45) is 0 Å². The van der Waals surface area contributed by atoms with Crippen LogP contribution in [0.5, 0.6) is 0 Å².